The number of benzene rings is 1. The SMILES string of the molecule is Cc1ccc(S(=O)(=O)NCC(=O)N/N=C/c2cccnc2)cc1. The molecule has 0 aliphatic heterocycles. The maximum atomic E-state index is 12.0. The van der Waals surface area contributed by atoms with Gasteiger partial charge >= 0.3 is 0 Å². The molecular weight excluding hydrogens is 316 g/mol. The molecule has 0 fully saturated rings. The van der Waals surface area contributed by atoms with Gasteiger partial charge in [-0.15, -0.1) is 0 Å². The van der Waals surface area contributed by atoms with Gasteiger partial charge in [0.05, 0.1) is 17.7 Å². The van der Waals surface area contributed by atoms with Gasteiger partial charge in [0.1, 0.15) is 0 Å². The number of amides is 1. The van der Waals surface area contributed by atoms with Crippen LogP contribution in [0.25, 0.3) is 0 Å². The number of sulfonamides is 1. The summed E-state index contributed by atoms with van der Waals surface area (Å²) in [6.45, 7) is 1.46. The van der Waals surface area contributed by atoms with Gasteiger partial charge in [0, 0.05) is 18.0 Å². The maximum Gasteiger partial charge on any atom is 0.255 e. The number of hydrogen-bond donors (Lipinski definition) is 2. The predicted octanol–water partition coefficient (Wildman–Crippen LogP) is 0.819. The number of carbonyl (C=O) groups excluding carboxylic acids is 1. The molecule has 0 spiro atoms. The van der Waals surface area contributed by atoms with Crippen LogP contribution in [0.3, 0.4) is 0 Å². The molecule has 0 atom stereocenters. The molecule has 0 saturated carbocycles. The van der Waals surface area contributed by atoms with E-state index in [-0.39, 0.29) is 4.90 Å². The minimum Gasteiger partial charge on any atom is -0.272 e. The Bertz CT molecular complexity index is 787. The van der Waals surface area contributed by atoms with Gasteiger partial charge in [0.15, 0.2) is 0 Å². The molecule has 8 heteroatoms. The van der Waals surface area contributed by atoms with E-state index in [0.717, 1.165) is 5.56 Å². The summed E-state index contributed by atoms with van der Waals surface area (Å²) in [5.74, 6) is -0.569. The first-order valence-electron chi connectivity index (χ1n) is 6.76. The molecule has 0 bridgehead atoms. The number of nitrogens with zero attached hydrogens (tertiary/aromatic N) is 2. The first kappa shape index (κ1) is 16.8. The van der Waals surface area contributed by atoms with Gasteiger partial charge < -0.3 is 0 Å². The Hall–Kier alpha value is -2.58. The highest BCUT2D eigenvalue weighted by atomic mass is 32.2. The lowest BCUT2D eigenvalue weighted by molar-refractivity contribution is -0.119. The fraction of sp³-hybridized carbons (Fsp3) is 0.133. The van der Waals surface area contributed by atoms with Gasteiger partial charge in [-0.05, 0) is 25.1 Å². The third-order valence-electron chi connectivity index (χ3n) is 2.84. The number of aromatic nitrogens is 1. The normalized spacial score (nSPS) is 11.5. The summed E-state index contributed by atoms with van der Waals surface area (Å²) in [4.78, 5) is 15.6. The molecule has 120 valence electrons. The molecule has 0 radical (unpaired) electrons. The summed E-state index contributed by atoms with van der Waals surface area (Å²) in [6.07, 6.45) is 4.62. The smallest absolute Gasteiger partial charge is 0.255 e. The molecule has 1 amide bonds. The van der Waals surface area contributed by atoms with Crippen LogP contribution in [0.2, 0.25) is 0 Å². The minimum atomic E-state index is -3.72. The molecule has 1 aromatic heterocycles. The number of pyridine rings is 1. The lowest BCUT2D eigenvalue weighted by Crippen LogP contribution is -2.34. The van der Waals surface area contributed by atoms with Crippen molar-refractivity contribution in [2.75, 3.05) is 6.54 Å². The molecule has 0 aliphatic carbocycles. The molecule has 2 rings (SSSR count). The minimum absolute atomic E-state index is 0.106. The Balaban J connectivity index is 1.86. The fourth-order valence-corrected chi connectivity index (χ4v) is 2.61. The van der Waals surface area contributed by atoms with Crippen molar-refractivity contribution >= 4 is 22.1 Å². The molecule has 0 aliphatic rings. The summed E-state index contributed by atoms with van der Waals surface area (Å²) in [7, 11) is -3.72. The Morgan fingerprint density at radius 2 is 2.00 bits per heavy atom. The average Bonchev–Trinajstić information content (AvgIpc) is 2.54. The zero-order chi connectivity index (χ0) is 16.7. The first-order chi connectivity index (χ1) is 11.0. The van der Waals surface area contributed by atoms with Crippen molar-refractivity contribution in [3.63, 3.8) is 0 Å². The van der Waals surface area contributed by atoms with Gasteiger partial charge in [0.2, 0.25) is 10.0 Å². The number of hydrogen-bond acceptors (Lipinski definition) is 5. The molecule has 0 unspecified atom stereocenters. The van der Waals surface area contributed by atoms with Crippen LogP contribution in [-0.2, 0) is 14.8 Å². The van der Waals surface area contributed by atoms with Gasteiger partial charge in [0.25, 0.3) is 5.91 Å². The van der Waals surface area contributed by atoms with Crippen LogP contribution in [0.1, 0.15) is 11.1 Å². The summed E-state index contributed by atoms with van der Waals surface area (Å²) < 4.78 is 26.2. The second-order valence-corrected chi connectivity index (χ2v) is 6.48. The molecule has 2 aromatic rings. The highest BCUT2D eigenvalue weighted by Crippen LogP contribution is 2.09. The highest BCUT2D eigenvalue weighted by Gasteiger charge is 2.14. The quantitative estimate of drug-likeness (QED) is 0.604. The van der Waals surface area contributed by atoms with Crippen LogP contribution in [0.5, 0.6) is 0 Å². The Kier molecular flexibility index (Phi) is 5.56. The van der Waals surface area contributed by atoms with E-state index in [2.05, 4.69) is 20.2 Å². The van der Waals surface area contributed by atoms with E-state index in [0.29, 0.717) is 5.56 Å². The van der Waals surface area contributed by atoms with E-state index < -0.39 is 22.5 Å². The number of hydrazone groups is 1. The topological polar surface area (TPSA) is 101 Å². The maximum absolute atomic E-state index is 12.0. The van der Waals surface area contributed by atoms with Crippen molar-refractivity contribution in [3.8, 4) is 0 Å². The summed E-state index contributed by atoms with van der Waals surface area (Å²) in [5.41, 5.74) is 3.91. The van der Waals surface area contributed by atoms with E-state index in [4.69, 9.17) is 0 Å². The number of carbonyl (C=O) groups is 1. The lowest BCUT2D eigenvalue weighted by atomic mass is 10.2. The molecule has 2 N–H and O–H groups in total. The van der Waals surface area contributed by atoms with Crippen LogP contribution in [0, 0.1) is 6.92 Å². The third kappa shape index (κ3) is 5.28. The zero-order valence-corrected chi connectivity index (χ0v) is 13.2. The van der Waals surface area contributed by atoms with Crippen molar-refractivity contribution in [2.45, 2.75) is 11.8 Å². The van der Waals surface area contributed by atoms with Crippen LogP contribution < -0.4 is 10.1 Å². The summed E-state index contributed by atoms with van der Waals surface area (Å²) in [6, 6.07) is 9.84. The average molecular weight is 332 g/mol. The van der Waals surface area contributed by atoms with Crippen molar-refractivity contribution in [3.05, 3.63) is 59.9 Å². The number of aryl methyl sites for hydroxylation is 1. The van der Waals surface area contributed by atoms with E-state index in [1.54, 1.807) is 36.7 Å². The van der Waals surface area contributed by atoms with E-state index >= 15 is 0 Å². The van der Waals surface area contributed by atoms with Crippen molar-refractivity contribution in [2.24, 2.45) is 5.10 Å². The van der Waals surface area contributed by atoms with Gasteiger partial charge in [-0.1, -0.05) is 23.8 Å². The number of rotatable bonds is 6. The predicted molar refractivity (Wildman–Crippen MR) is 86.3 cm³/mol. The molecule has 7 nitrogen and oxygen atoms in total. The molecule has 1 heterocycles. The highest BCUT2D eigenvalue weighted by molar-refractivity contribution is 7.89. The number of nitrogens with one attached hydrogen (secondary N) is 2. The molecule has 1 aromatic carbocycles. The van der Waals surface area contributed by atoms with Crippen molar-refractivity contribution in [1.82, 2.24) is 15.1 Å². The van der Waals surface area contributed by atoms with Crippen LogP contribution in [-0.4, -0.2) is 32.1 Å². The van der Waals surface area contributed by atoms with E-state index in [1.807, 2.05) is 6.92 Å². The summed E-state index contributed by atoms with van der Waals surface area (Å²) in [5, 5.41) is 3.73. The van der Waals surface area contributed by atoms with Gasteiger partial charge in [-0.3, -0.25) is 9.78 Å². The first-order valence-corrected chi connectivity index (χ1v) is 8.24. The van der Waals surface area contributed by atoms with E-state index in [1.165, 1.54) is 18.3 Å². The molecular formula is C15H16N4O3S. The van der Waals surface area contributed by atoms with E-state index in [9.17, 15) is 13.2 Å². The van der Waals surface area contributed by atoms with Crippen LogP contribution in [0.4, 0.5) is 0 Å². The van der Waals surface area contributed by atoms with Gasteiger partial charge in [-0.25, -0.2) is 18.6 Å². The summed E-state index contributed by atoms with van der Waals surface area (Å²) >= 11 is 0. The van der Waals surface area contributed by atoms with Crippen LogP contribution >= 0.6 is 0 Å². The fourth-order valence-electron chi connectivity index (χ4n) is 1.63. The monoisotopic (exact) mass is 332 g/mol. The Labute approximate surface area is 134 Å². The zero-order valence-electron chi connectivity index (χ0n) is 12.4. The second-order valence-electron chi connectivity index (χ2n) is 4.72. The molecule has 23 heavy (non-hydrogen) atoms. The second kappa shape index (κ2) is 7.61. The Morgan fingerprint density at radius 1 is 1.26 bits per heavy atom. The largest absolute Gasteiger partial charge is 0.272 e. The lowest BCUT2D eigenvalue weighted by Gasteiger charge is -2.06. The molecule has 0 saturated heterocycles. The van der Waals surface area contributed by atoms with Gasteiger partial charge in [-0.2, -0.15) is 5.10 Å². The standard InChI is InChI=1S/C15H16N4O3S/c1-12-4-6-14(7-5-12)23(21,22)18-11-15(20)19-17-10-13-3-2-8-16-9-13/h2-10,18H,11H2,1H3,(H,19,20)/b17-10+. The van der Waals surface area contributed by atoms with Crippen molar-refractivity contribution in [1.29, 1.82) is 0 Å². The Morgan fingerprint density at radius 3 is 2.65 bits per heavy atom. The van der Waals surface area contributed by atoms with Crippen molar-refractivity contribution < 1.29 is 13.2 Å². The van der Waals surface area contributed by atoms with Crippen LogP contribution in [0.15, 0.2) is 58.8 Å². The third-order valence-corrected chi connectivity index (χ3v) is 4.26.